The molecule has 1 saturated heterocycles. The molecule has 0 bridgehead atoms. The van der Waals surface area contributed by atoms with Crippen LogP contribution in [0.4, 0.5) is 11.4 Å². The minimum absolute atomic E-state index is 0.0119. The molecule has 0 aromatic heterocycles. The van der Waals surface area contributed by atoms with Gasteiger partial charge in [0.15, 0.2) is 6.10 Å². The number of ether oxygens (including phenoxy) is 1. The predicted molar refractivity (Wildman–Crippen MR) is 124 cm³/mol. The first-order valence-electron chi connectivity index (χ1n) is 11.4. The van der Waals surface area contributed by atoms with Crippen molar-refractivity contribution in [3.63, 3.8) is 0 Å². The van der Waals surface area contributed by atoms with Crippen LogP contribution in [0.25, 0.3) is 0 Å². The molecule has 1 fully saturated rings. The summed E-state index contributed by atoms with van der Waals surface area (Å²) in [6.07, 6.45) is 2.50. The molecular weight excluding hydrogens is 442 g/mol. The quantitative estimate of drug-likeness (QED) is 0.746. The molecule has 0 saturated carbocycles. The van der Waals surface area contributed by atoms with Crippen molar-refractivity contribution in [1.29, 1.82) is 0 Å². The molecule has 0 radical (unpaired) electrons. The fourth-order valence-electron chi connectivity index (χ4n) is 4.84. The van der Waals surface area contributed by atoms with Crippen molar-refractivity contribution in [2.45, 2.75) is 43.6 Å². The van der Waals surface area contributed by atoms with E-state index in [1.165, 1.54) is 16.4 Å². The average molecular weight is 470 g/mol. The highest BCUT2D eigenvalue weighted by Gasteiger charge is 2.37. The van der Waals surface area contributed by atoms with Gasteiger partial charge in [0.2, 0.25) is 15.9 Å². The summed E-state index contributed by atoms with van der Waals surface area (Å²) in [6, 6.07) is 12.4. The van der Waals surface area contributed by atoms with E-state index in [9.17, 15) is 18.0 Å². The van der Waals surface area contributed by atoms with Gasteiger partial charge in [0, 0.05) is 25.3 Å². The van der Waals surface area contributed by atoms with Gasteiger partial charge in [-0.05, 0) is 62.4 Å². The van der Waals surface area contributed by atoms with E-state index in [-0.39, 0.29) is 29.2 Å². The van der Waals surface area contributed by atoms with Gasteiger partial charge in [-0.3, -0.25) is 9.59 Å². The molecule has 0 aliphatic carbocycles. The van der Waals surface area contributed by atoms with Crippen molar-refractivity contribution in [2.75, 3.05) is 29.9 Å². The number of carbonyl (C=O) groups excluding carboxylic acids is 2. The Kier molecular flexibility index (Phi) is 5.62. The van der Waals surface area contributed by atoms with Gasteiger partial charge in [-0.2, -0.15) is 4.31 Å². The van der Waals surface area contributed by atoms with E-state index in [2.05, 4.69) is 5.32 Å². The minimum atomic E-state index is -3.83. The molecule has 9 heteroatoms. The van der Waals surface area contributed by atoms with E-state index in [1.807, 2.05) is 29.2 Å². The molecule has 3 heterocycles. The smallest absolute Gasteiger partial charge is 0.265 e. The first-order chi connectivity index (χ1) is 15.8. The Labute approximate surface area is 193 Å². The number of nitrogens with one attached hydrogen (secondary N) is 1. The van der Waals surface area contributed by atoms with E-state index in [4.69, 9.17) is 4.74 Å². The fraction of sp³-hybridized carbons (Fsp3) is 0.417. The van der Waals surface area contributed by atoms with Gasteiger partial charge in [0.1, 0.15) is 5.75 Å². The van der Waals surface area contributed by atoms with Gasteiger partial charge in [0.25, 0.3) is 5.91 Å². The summed E-state index contributed by atoms with van der Waals surface area (Å²) in [4.78, 5) is 27.3. The number of aryl methyl sites for hydroxylation is 1. The second-order valence-electron chi connectivity index (χ2n) is 8.83. The number of hydrogen-bond acceptors (Lipinski definition) is 5. The van der Waals surface area contributed by atoms with Crippen LogP contribution in [0.5, 0.6) is 5.75 Å². The molecule has 33 heavy (non-hydrogen) atoms. The molecule has 8 nitrogen and oxygen atoms in total. The molecule has 3 aliphatic heterocycles. The van der Waals surface area contributed by atoms with Crippen molar-refractivity contribution >= 4 is 33.2 Å². The summed E-state index contributed by atoms with van der Waals surface area (Å²) < 4.78 is 33.7. The number of para-hydroxylation sites is 1. The highest BCUT2D eigenvalue weighted by atomic mass is 32.2. The normalized spacial score (nSPS) is 23.2. The lowest BCUT2D eigenvalue weighted by Crippen LogP contribution is -2.48. The van der Waals surface area contributed by atoms with E-state index in [0.717, 1.165) is 24.1 Å². The predicted octanol–water partition coefficient (Wildman–Crippen LogP) is 2.79. The van der Waals surface area contributed by atoms with Gasteiger partial charge >= 0.3 is 0 Å². The molecule has 174 valence electrons. The van der Waals surface area contributed by atoms with Crippen molar-refractivity contribution < 1.29 is 22.7 Å². The number of nitrogens with zero attached hydrogens (tertiary/aromatic N) is 2. The van der Waals surface area contributed by atoms with Gasteiger partial charge in [-0.1, -0.05) is 18.2 Å². The zero-order valence-electron chi connectivity index (χ0n) is 18.5. The summed E-state index contributed by atoms with van der Waals surface area (Å²) in [5.74, 6) is -0.276. The highest BCUT2D eigenvalue weighted by molar-refractivity contribution is 7.89. The lowest BCUT2D eigenvalue weighted by atomic mass is 9.95. The number of carbonyl (C=O) groups is 2. The average Bonchev–Trinajstić information content (AvgIpc) is 2.83. The van der Waals surface area contributed by atoms with E-state index < -0.39 is 16.1 Å². The van der Waals surface area contributed by atoms with Gasteiger partial charge < -0.3 is 15.0 Å². The Morgan fingerprint density at radius 1 is 1.12 bits per heavy atom. The number of sulfonamides is 1. The van der Waals surface area contributed by atoms with Gasteiger partial charge in [-0.15, -0.1) is 0 Å². The van der Waals surface area contributed by atoms with Crippen molar-refractivity contribution in [2.24, 2.45) is 5.92 Å². The number of piperidine rings is 1. The fourth-order valence-corrected chi connectivity index (χ4v) is 6.39. The third-order valence-electron chi connectivity index (χ3n) is 6.63. The molecule has 0 unspecified atom stereocenters. The Morgan fingerprint density at radius 2 is 1.94 bits per heavy atom. The third kappa shape index (κ3) is 4.00. The molecule has 2 atom stereocenters. The number of hydrogen-bond donors (Lipinski definition) is 1. The number of rotatable bonds is 3. The van der Waals surface area contributed by atoms with Gasteiger partial charge in [-0.25, -0.2) is 8.42 Å². The van der Waals surface area contributed by atoms with Crippen LogP contribution in [0, 0.1) is 5.92 Å². The van der Waals surface area contributed by atoms with Crippen LogP contribution in [0.2, 0.25) is 0 Å². The van der Waals surface area contributed by atoms with Crippen LogP contribution < -0.4 is 15.0 Å². The maximum absolute atomic E-state index is 13.4. The molecular formula is C24H27N3O5S. The Balaban J connectivity index is 1.36. The minimum Gasteiger partial charge on any atom is -0.479 e. The van der Waals surface area contributed by atoms with E-state index in [0.29, 0.717) is 37.4 Å². The molecule has 5 rings (SSSR count). The van der Waals surface area contributed by atoms with Crippen LogP contribution in [0.3, 0.4) is 0 Å². The zero-order chi connectivity index (χ0) is 23.2. The summed E-state index contributed by atoms with van der Waals surface area (Å²) in [5, 5.41) is 2.70. The van der Waals surface area contributed by atoms with Crippen LogP contribution in [-0.4, -0.2) is 50.3 Å². The van der Waals surface area contributed by atoms with Crippen LogP contribution in [-0.2, 0) is 26.0 Å². The molecule has 2 amide bonds. The van der Waals surface area contributed by atoms with E-state index in [1.54, 1.807) is 13.0 Å². The SMILES string of the molecule is C[C@@H]1Oc2ccc(S(=O)(=O)N3CCC[C@@H](C(=O)N4CCCc5ccccc54)C3)cc2NC1=O. The molecule has 2 aromatic rings. The zero-order valence-corrected chi connectivity index (χ0v) is 19.3. The Hall–Kier alpha value is -2.91. The monoisotopic (exact) mass is 469 g/mol. The Morgan fingerprint density at radius 3 is 2.79 bits per heavy atom. The van der Waals surface area contributed by atoms with Crippen LogP contribution >= 0.6 is 0 Å². The third-order valence-corrected chi connectivity index (χ3v) is 8.49. The lowest BCUT2D eigenvalue weighted by molar-refractivity contribution is -0.124. The second-order valence-corrected chi connectivity index (χ2v) is 10.8. The largest absolute Gasteiger partial charge is 0.479 e. The van der Waals surface area contributed by atoms with E-state index >= 15 is 0 Å². The lowest BCUT2D eigenvalue weighted by Gasteiger charge is -2.36. The molecule has 2 aromatic carbocycles. The first kappa shape index (κ1) is 21.9. The standard InChI is InChI=1S/C24H27N3O5S/c1-16-23(28)25-20-14-19(10-11-22(20)32-16)33(30,31)26-12-4-8-18(15-26)24(29)27-13-5-7-17-6-2-3-9-21(17)27/h2-3,6,9-11,14,16,18H,4-5,7-8,12-13,15H2,1H3,(H,25,28)/t16-,18+/m0/s1. The van der Waals surface area contributed by atoms with Crippen molar-refractivity contribution in [3.05, 3.63) is 48.0 Å². The number of benzene rings is 2. The number of amides is 2. The summed E-state index contributed by atoms with van der Waals surface area (Å²) in [6.45, 7) is 2.80. The van der Waals surface area contributed by atoms with Crippen LogP contribution in [0.1, 0.15) is 31.7 Å². The highest BCUT2D eigenvalue weighted by Crippen LogP contribution is 2.35. The van der Waals surface area contributed by atoms with Gasteiger partial charge in [0.05, 0.1) is 16.5 Å². The van der Waals surface area contributed by atoms with Crippen molar-refractivity contribution in [1.82, 2.24) is 4.31 Å². The molecule has 1 N–H and O–H groups in total. The number of anilines is 2. The van der Waals surface area contributed by atoms with Crippen LogP contribution in [0.15, 0.2) is 47.4 Å². The summed E-state index contributed by atoms with van der Waals surface area (Å²) >= 11 is 0. The summed E-state index contributed by atoms with van der Waals surface area (Å²) in [5.41, 5.74) is 2.44. The Bertz CT molecular complexity index is 1210. The molecule has 3 aliphatic rings. The topological polar surface area (TPSA) is 96.0 Å². The molecule has 0 spiro atoms. The second kappa shape index (κ2) is 8.46. The van der Waals surface area contributed by atoms with Crippen molar-refractivity contribution in [3.8, 4) is 5.75 Å². The maximum atomic E-state index is 13.4. The first-order valence-corrected chi connectivity index (χ1v) is 12.8. The summed E-state index contributed by atoms with van der Waals surface area (Å²) in [7, 11) is -3.83. The number of fused-ring (bicyclic) bond motifs is 2. The maximum Gasteiger partial charge on any atom is 0.265 e.